The van der Waals surface area contributed by atoms with Crippen molar-refractivity contribution in [3.8, 4) is 22.6 Å². The van der Waals surface area contributed by atoms with Gasteiger partial charge >= 0.3 is 0 Å². The number of hydrogen-bond acceptors (Lipinski definition) is 2. The third-order valence-corrected chi connectivity index (χ3v) is 5.58. The molecule has 0 aromatic heterocycles. The van der Waals surface area contributed by atoms with Crippen molar-refractivity contribution in [2.24, 2.45) is 0 Å². The molecule has 0 saturated carbocycles. The molecule has 0 aliphatic rings. The van der Waals surface area contributed by atoms with Gasteiger partial charge in [0.05, 0.1) is 25.1 Å². The monoisotopic (exact) mass is 424 g/mol. The van der Waals surface area contributed by atoms with Gasteiger partial charge in [-0.2, -0.15) is 0 Å². The van der Waals surface area contributed by atoms with Gasteiger partial charge in [0.1, 0.15) is 15.8 Å². The topological polar surface area (TPSA) is 40.5 Å². The lowest BCUT2D eigenvalue weighted by Crippen LogP contribution is -1.89. The first-order valence-corrected chi connectivity index (χ1v) is 7.74. The SMILES string of the molecule is Oc1c(Cl)cc(-c2c(O)c(Cl)c(Cl)c(Cl)c2Cl)c(Cl)c1Cl. The minimum Gasteiger partial charge on any atom is -0.506 e. The van der Waals surface area contributed by atoms with Crippen LogP contribution in [0.15, 0.2) is 6.07 Å². The Hall–Kier alpha value is 0.0700. The van der Waals surface area contributed by atoms with E-state index >= 15 is 0 Å². The van der Waals surface area contributed by atoms with E-state index in [2.05, 4.69) is 0 Å². The molecule has 21 heavy (non-hydrogen) atoms. The zero-order chi connectivity index (χ0) is 16.1. The molecule has 0 radical (unpaired) electrons. The van der Waals surface area contributed by atoms with Crippen LogP contribution in [-0.2, 0) is 0 Å². The van der Waals surface area contributed by atoms with Crippen molar-refractivity contribution in [1.29, 1.82) is 0 Å². The van der Waals surface area contributed by atoms with Gasteiger partial charge in [0.15, 0.2) is 5.75 Å². The molecule has 0 atom stereocenters. The number of halogens is 7. The van der Waals surface area contributed by atoms with Gasteiger partial charge in [-0.3, -0.25) is 0 Å². The standard InChI is InChI=1S/C12H3Cl7O2/c13-3-1-2(5(14)9(18)11(3)20)4-6(15)7(16)8(17)10(19)12(4)21/h1,20-21H. The highest BCUT2D eigenvalue weighted by molar-refractivity contribution is 6.54. The van der Waals surface area contributed by atoms with Crippen LogP contribution in [0.3, 0.4) is 0 Å². The van der Waals surface area contributed by atoms with Gasteiger partial charge in [-0.15, -0.1) is 0 Å². The summed E-state index contributed by atoms with van der Waals surface area (Å²) in [5.74, 6) is -0.829. The first-order chi connectivity index (χ1) is 9.68. The van der Waals surface area contributed by atoms with E-state index in [0.717, 1.165) is 0 Å². The third kappa shape index (κ3) is 2.84. The van der Waals surface area contributed by atoms with Crippen LogP contribution in [0, 0.1) is 0 Å². The second-order valence-electron chi connectivity index (χ2n) is 3.86. The average Bonchev–Trinajstić information content (AvgIpc) is 2.46. The minimum atomic E-state index is -0.434. The molecule has 2 aromatic carbocycles. The van der Waals surface area contributed by atoms with Crippen LogP contribution >= 0.6 is 81.2 Å². The highest BCUT2D eigenvalue weighted by Gasteiger charge is 2.25. The molecule has 0 heterocycles. The molecule has 0 aliphatic carbocycles. The summed E-state index contributed by atoms with van der Waals surface area (Å²) in [6.45, 7) is 0. The Balaban J connectivity index is 2.93. The van der Waals surface area contributed by atoms with E-state index in [4.69, 9.17) is 81.2 Å². The van der Waals surface area contributed by atoms with Gasteiger partial charge in [0.2, 0.25) is 0 Å². The van der Waals surface area contributed by atoms with Crippen LogP contribution in [0.1, 0.15) is 0 Å². The van der Waals surface area contributed by atoms with Gasteiger partial charge < -0.3 is 10.2 Å². The Morgan fingerprint density at radius 3 is 1.62 bits per heavy atom. The molecule has 112 valence electrons. The fourth-order valence-electron chi connectivity index (χ4n) is 1.63. The Morgan fingerprint density at radius 2 is 1.05 bits per heavy atom. The van der Waals surface area contributed by atoms with Crippen molar-refractivity contribution in [3.63, 3.8) is 0 Å². The summed E-state index contributed by atoms with van der Waals surface area (Å²) >= 11 is 41.5. The van der Waals surface area contributed by atoms with Crippen molar-refractivity contribution in [2.75, 3.05) is 0 Å². The van der Waals surface area contributed by atoms with Crippen LogP contribution in [0.5, 0.6) is 11.5 Å². The predicted octanol–water partition coefficient (Wildman–Crippen LogP) is 7.34. The molecular weight excluding hydrogens is 424 g/mol. The van der Waals surface area contributed by atoms with Crippen molar-refractivity contribution in [3.05, 3.63) is 41.2 Å². The lowest BCUT2D eigenvalue weighted by Gasteiger charge is -2.15. The van der Waals surface area contributed by atoms with Crippen molar-refractivity contribution < 1.29 is 10.2 Å². The summed E-state index contributed by atoms with van der Waals surface area (Å²) in [5, 5.41) is 19.0. The van der Waals surface area contributed by atoms with Gasteiger partial charge in [0, 0.05) is 11.1 Å². The zero-order valence-corrected chi connectivity index (χ0v) is 14.9. The Morgan fingerprint density at radius 1 is 0.571 bits per heavy atom. The first-order valence-electron chi connectivity index (χ1n) is 5.10. The molecule has 2 aromatic rings. The molecule has 2 rings (SSSR count). The van der Waals surface area contributed by atoms with E-state index in [1.165, 1.54) is 6.07 Å². The van der Waals surface area contributed by atoms with E-state index in [9.17, 15) is 10.2 Å². The average molecular weight is 427 g/mol. The molecule has 2 nitrogen and oxygen atoms in total. The second-order valence-corrected chi connectivity index (χ2v) is 6.54. The molecule has 0 aliphatic heterocycles. The third-order valence-electron chi connectivity index (χ3n) is 2.65. The van der Waals surface area contributed by atoms with E-state index in [0.29, 0.717) is 0 Å². The van der Waals surface area contributed by atoms with Crippen LogP contribution < -0.4 is 0 Å². The highest BCUT2D eigenvalue weighted by Crippen LogP contribution is 2.53. The number of aromatic hydroxyl groups is 2. The maximum absolute atomic E-state index is 10.1. The van der Waals surface area contributed by atoms with Gasteiger partial charge in [0.25, 0.3) is 0 Å². The molecule has 9 heteroatoms. The Labute approximate surface area is 154 Å². The number of rotatable bonds is 1. The minimum absolute atomic E-state index is 0.00451. The van der Waals surface area contributed by atoms with Crippen LogP contribution in [0.25, 0.3) is 11.1 Å². The quantitative estimate of drug-likeness (QED) is 0.369. The molecular formula is C12H3Cl7O2. The maximum Gasteiger partial charge on any atom is 0.154 e. The first kappa shape index (κ1) is 17.4. The van der Waals surface area contributed by atoms with E-state index < -0.39 is 11.5 Å². The predicted molar refractivity (Wildman–Crippen MR) is 90.3 cm³/mol. The summed E-state index contributed by atoms with van der Waals surface area (Å²) in [6, 6.07) is 1.27. The lowest BCUT2D eigenvalue weighted by atomic mass is 10.0. The highest BCUT2D eigenvalue weighted by atomic mass is 35.5. The summed E-state index contributed by atoms with van der Waals surface area (Å²) in [4.78, 5) is 0. The molecule has 0 spiro atoms. The molecule has 0 amide bonds. The van der Waals surface area contributed by atoms with Gasteiger partial charge in [-0.05, 0) is 6.07 Å². The zero-order valence-electron chi connectivity index (χ0n) is 9.62. The van der Waals surface area contributed by atoms with E-state index in [-0.39, 0.29) is 46.3 Å². The summed E-state index contributed by atoms with van der Waals surface area (Å²) in [7, 11) is 0. The molecule has 0 saturated heterocycles. The number of hydrogen-bond donors (Lipinski definition) is 2. The second kappa shape index (κ2) is 6.29. The fourth-order valence-corrected chi connectivity index (χ4v) is 3.27. The largest absolute Gasteiger partial charge is 0.506 e. The molecule has 0 bridgehead atoms. The van der Waals surface area contributed by atoms with Crippen LogP contribution in [0.2, 0.25) is 35.2 Å². The van der Waals surface area contributed by atoms with Gasteiger partial charge in [-0.25, -0.2) is 0 Å². The van der Waals surface area contributed by atoms with Crippen LogP contribution in [0.4, 0.5) is 0 Å². The molecule has 0 fully saturated rings. The maximum atomic E-state index is 10.1. The van der Waals surface area contributed by atoms with Crippen molar-refractivity contribution in [2.45, 2.75) is 0 Å². The Kier molecular flexibility index (Phi) is 5.22. The van der Waals surface area contributed by atoms with Crippen LogP contribution in [-0.4, -0.2) is 10.2 Å². The number of benzene rings is 2. The number of phenols is 2. The van der Waals surface area contributed by atoms with E-state index in [1.54, 1.807) is 0 Å². The normalized spacial score (nSPS) is 11.0. The van der Waals surface area contributed by atoms with Gasteiger partial charge in [-0.1, -0.05) is 81.2 Å². The Bertz CT molecular complexity index is 729. The molecule has 0 unspecified atom stereocenters. The van der Waals surface area contributed by atoms with Crippen molar-refractivity contribution >= 4 is 81.2 Å². The smallest absolute Gasteiger partial charge is 0.154 e. The lowest BCUT2D eigenvalue weighted by molar-refractivity contribution is 0.474. The summed E-state index contributed by atoms with van der Waals surface area (Å²) < 4.78 is 0. The van der Waals surface area contributed by atoms with E-state index in [1.807, 2.05) is 0 Å². The molecule has 2 N–H and O–H groups in total. The summed E-state index contributed by atoms with van der Waals surface area (Å²) in [6.07, 6.45) is 0. The fraction of sp³-hybridized carbons (Fsp3) is 0. The van der Waals surface area contributed by atoms with Crippen molar-refractivity contribution in [1.82, 2.24) is 0 Å². The summed E-state index contributed by atoms with van der Waals surface area (Å²) in [5.41, 5.74) is 0.150. The number of phenolic OH excluding ortho intramolecular Hbond substituents is 2.